The van der Waals surface area contributed by atoms with Crippen molar-refractivity contribution in [1.29, 1.82) is 0 Å². The van der Waals surface area contributed by atoms with E-state index in [1.54, 1.807) is 6.92 Å². The summed E-state index contributed by atoms with van der Waals surface area (Å²) >= 11 is 14.5. The van der Waals surface area contributed by atoms with Crippen LogP contribution in [-0.2, 0) is 0 Å². The third-order valence-corrected chi connectivity index (χ3v) is 5.85. The standard InChI is InChI=1S/C10H8BrCl2F5S/c1-5-9(10(5,12)13)6-2-7(11)4-8(3-6)19(14,15,16,17)18/h2-5,9H,1H3. The summed E-state index contributed by atoms with van der Waals surface area (Å²) in [4.78, 5) is -1.94. The highest BCUT2D eigenvalue weighted by Gasteiger charge is 2.66. The molecular formula is C10H8BrCl2F5S. The normalized spacial score (nSPS) is 29.5. The van der Waals surface area contributed by atoms with Crippen LogP contribution in [0.5, 0.6) is 0 Å². The Morgan fingerprint density at radius 1 is 1.11 bits per heavy atom. The Bertz CT molecular complexity index is 556. The molecule has 9 heteroatoms. The van der Waals surface area contributed by atoms with E-state index in [0.717, 1.165) is 0 Å². The third kappa shape index (κ3) is 2.99. The monoisotopic (exact) mass is 404 g/mol. The van der Waals surface area contributed by atoms with Crippen LogP contribution < -0.4 is 0 Å². The fourth-order valence-electron chi connectivity index (χ4n) is 1.98. The smallest absolute Gasteiger partial charge is 0.101 e. The van der Waals surface area contributed by atoms with E-state index in [1.807, 2.05) is 0 Å². The molecular weight excluding hydrogens is 398 g/mol. The molecule has 1 fully saturated rings. The molecule has 0 amide bonds. The van der Waals surface area contributed by atoms with Crippen molar-refractivity contribution in [3.05, 3.63) is 28.2 Å². The van der Waals surface area contributed by atoms with Gasteiger partial charge >= 0.3 is 10.2 Å². The average molecular weight is 406 g/mol. The van der Waals surface area contributed by atoms with Crippen LogP contribution in [-0.4, -0.2) is 4.33 Å². The highest BCUT2D eigenvalue weighted by molar-refractivity contribution is 9.10. The molecule has 1 aromatic carbocycles. The predicted octanol–water partition coefficient (Wildman–Crippen LogP) is 7.01. The Morgan fingerprint density at radius 3 is 1.95 bits per heavy atom. The maximum Gasteiger partial charge on any atom is 0.310 e. The van der Waals surface area contributed by atoms with Crippen molar-refractivity contribution in [2.75, 3.05) is 0 Å². The van der Waals surface area contributed by atoms with Gasteiger partial charge in [-0.25, -0.2) is 0 Å². The molecule has 0 spiro atoms. The Hall–Kier alpha value is 0.280. The SMILES string of the molecule is CC1C(c2cc(Br)cc(S(F)(F)(F)(F)F)c2)C1(Cl)Cl. The minimum absolute atomic E-state index is 0.0510. The Kier molecular flexibility index (Phi) is 2.92. The second-order valence-electron chi connectivity index (χ2n) is 4.63. The van der Waals surface area contributed by atoms with Gasteiger partial charge in [-0.05, 0) is 29.7 Å². The lowest BCUT2D eigenvalue weighted by molar-refractivity contribution is 0.363. The fraction of sp³-hybridized carbons (Fsp3) is 0.400. The maximum absolute atomic E-state index is 12.8. The largest absolute Gasteiger partial charge is 0.310 e. The first-order valence-corrected chi connectivity index (χ1v) is 8.55. The molecule has 0 bridgehead atoms. The van der Waals surface area contributed by atoms with Gasteiger partial charge in [0.05, 0.1) is 0 Å². The van der Waals surface area contributed by atoms with Crippen LogP contribution in [0, 0.1) is 5.92 Å². The van der Waals surface area contributed by atoms with Crippen molar-refractivity contribution in [2.45, 2.75) is 22.1 Å². The van der Waals surface area contributed by atoms with E-state index in [0.29, 0.717) is 12.1 Å². The molecule has 0 heterocycles. The summed E-state index contributed by atoms with van der Waals surface area (Å²) in [5, 5.41) is 0. The van der Waals surface area contributed by atoms with Gasteiger partial charge in [0.1, 0.15) is 9.23 Å². The number of halogens is 8. The van der Waals surface area contributed by atoms with Crippen LogP contribution in [0.1, 0.15) is 18.4 Å². The van der Waals surface area contributed by atoms with Gasteiger partial charge in [0.15, 0.2) is 0 Å². The van der Waals surface area contributed by atoms with Crippen LogP contribution in [0.15, 0.2) is 27.6 Å². The van der Waals surface area contributed by atoms with Crippen LogP contribution in [0.3, 0.4) is 0 Å². The summed E-state index contributed by atoms with van der Waals surface area (Å²) in [6, 6.07) is 2.11. The van der Waals surface area contributed by atoms with Gasteiger partial charge in [0, 0.05) is 10.4 Å². The molecule has 0 aliphatic heterocycles. The van der Waals surface area contributed by atoms with Crippen molar-refractivity contribution < 1.29 is 19.4 Å². The molecule has 0 saturated heterocycles. The highest BCUT2D eigenvalue weighted by Crippen LogP contribution is 3.02. The summed E-state index contributed by atoms with van der Waals surface area (Å²) in [5.74, 6) is -0.886. The highest BCUT2D eigenvalue weighted by atomic mass is 79.9. The van der Waals surface area contributed by atoms with Crippen molar-refractivity contribution in [1.82, 2.24) is 0 Å². The zero-order valence-electron chi connectivity index (χ0n) is 9.32. The van der Waals surface area contributed by atoms with E-state index in [2.05, 4.69) is 15.9 Å². The molecule has 1 aliphatic carbocycles. The first kappa shape index (κ1) is 15.7. The first-order valence-electron chi connectivity index (χ1n) is 5.05. The molecule has 1 aromatic rings. The van der Waals surface area contributed by atoms with Crippen molar-refractivity contribution in [2.24, 2.45) is 5.92 Å². The van der Waals surface area contributed by atoms with Gasteiger partial charge in [-0.3, -0.25) is 0 Å². The van der Waals surface area contributed by atoms with Gasteiger partial charge in [-0.1, -0.05) is 42.3 Å². The summed E-state index contributed by atoms with van der Waals surface area (Å²) in [5.41, 5.74) is 0.0510. The molecule has 0 radical (unpaired) electrons. The molecule has 2 unspecified atom stereocenters. The van der Waals surface area contributed by atoms with Crippen LogP contribution in [0.25, 0.3) is 0 Å². The number of rotatable bonds is 2. The second-order valence-corrected chi connectivity index (χ2v) is 9.40. The van der Waals surface area contributed by atoms with Crippen LogP contribution in [0.2, 0.25) is 0 Å². The van der Waals surface area contributed by atoms with Gasteiger partial charge in [-0.15, -0.1) is 23.2 Å². The molecule has 0 aromatic heterocycles. The molecule has 2 rings (SSSR count). The minimum Gasteiger partial charge on any atom is -0.101 e. The van der Waals surface area contributed by atoms with E-state index in [9.17, 15) is 19.4 Å². The van der Waals surface area contributed by atoms with Gasteiger partial charge in [-0.2, -0.15) is 0 Å². The zero-order chi connectivity index (χ0) is 14.9. The lowest BCUT2D eigenvalue weighted by atomic mass is 10.1. The minimum atomic E-state index is -9.71. The van der Waals surface area contributed by atoms with Crippen LogP contribution in [0.4, 0.5) is 19.4 Å². The number of hydrogen-bond donors (Lipinski definition) is 0. The zero-order valence-corrected chi connectivity index (χ0v) is 13.2. The summed E-state index contributed by atoms with van der Waals surface area (Å²) < 4.78 is 62.7. The number of hydrogen-bond acceptors (Lipinski definition) is 0. The Labute approximate surface area is 125 Å². The van der Waals surface area contributed by atoms with Crippen molar-refractivity contribution >= 4 is 49.4 Å². The van der Waals surface area contributed by atoms with Gasteiger partial charge in [0.2, 0.25) is 0 Å². The van der Waals surface area contributed by atoms with Gasteiger partial charge < -0.3 is 0 Å². The van der Waals surface area contributed by atoms with Crippen LogP contribution >= 0.6 is 49.4 Å². The molecule has 110 valence electrons. The summed E-state index contributed by atoms with van der Waals surface area (Å²) in [6.07, 6.45) is 0. The van der Waals surface area contributed by atoms with E-state index < -0.39 is 25.4 Å². The fourth-order valence-corrected chi connectivity index (χ4v) is 4.10. The predicted molar refractivity (Wildman–Crippen MR) is 71.9 cm³/mol. The molecule has 19 heavy (non-hydrogen) atoms. The van der Waals surface area contributed by atoms with Gasteiger partial charge in [0.25, 0.3) is 0 Å². The molecule has 1 saturated carbocycles. The van der Waals surface area contributed by atoms with E-state index >= 15 is 0 Å². The van der Waals surface area contributed by atoms with E-state index in [-0.39, 0.29) is 16.0 Å². The first-order chi connectivity index (χ1) is 8.13. The summed E-state index contributed by atoms with van der Waals surface area (Å²) in [7, 11) is -9.71. The quantitative estimate of drug-likeness (QED) is 0.366. The van der Waals surface area contributed by atoms with E-state index in [4.69, 9.17) is 23.2 Å². The van der Waals surface area contributed by atoms with Crippen molar-refractivity contribution in [3.63, 3.8) is 0 Å². The average Bonchev–Trinajstić information content (AvgIpc) is 2.61. The Morgan fingerprint density at radius 2 is 1.58 bits per heavy atom. The molecule has 0 nitrogen and oxygen atoms in total. The maximum atomic E-state index is 12.8. The molecule has 2 atom stereocenters. The summed E-state index contributed by atoms with van der Waals surface area (Å²) in [6.45, 7) is 1.64. The Balaban J connectivity index is 2.56. The lowest BCUT2D eigenvalue weighted by Crippen LogP contribution is -2.07. The number of alkyl halides is 2. The number of benzene rings is 1. The van der Waals surface area contributed by atoms with E-state index in [1.165, 1.54) is 6.07 Å². The molecule has 0 N–H and O–H groups in total. The lowest BCUT2D eigenvalue weighted by Gasteiger charge is -2.40. The molecule has 1 aliphatic rings. The topological polar surface area (TPSA) is 0 Å². The third-order valence-electron chi connectivity index (χ3n) is 3.11. The van der Waals surface area contributed by atoms with Crippen molar-refractivity contribution in [3.8, 4) is 0 Å². The second kappa shape index (κ2) is 3.54.